The number of rotatable bonds is 3. The number of allylic oxidation sites excluding steroid dienone is 2. The zero-order valence-corrected chi connectivity index (χ0v) is 15.4. The van der Waals surface area contributed by atoms with Crippen molar-refractivity contribution in [3.8, 4) is 17.2 Å². The van der Waals surface area contributed by atoms with E-state index in [0.29, 0.717) is 39.1 Å². The van der Waals surface area contributed by atoms with E-state index in [4.69, 9.17) is 14.2 Å². The number of benzene rings is 2. The third kappa shape index (κ3) is 1.89. The van der Waals surface area contributed by atoms with Crippen LogP contribution < -0.4 is 14.2 Å². The van der Waals surface area contributed by atoms with Crippen LogP contribution in [0.4, 0.5) is 0 Å². The molecule has 2 bridgehead atoms. The molecule has 0 aromatic heterocycles. The molecule has 0 N–H and O–H groups in total. The van der Waals surface area contributed by atoms with Gasteiger partial charge in [0.05, 0.1) is 37.8 Å². The number of carbonyl (C=O) groups excluding carboxylic acids is 2. The molecule has 3 aliphatic carbocycles. The van der Waals surface area contributed by atoms with Gasteiger partial charge in [-0.1, -0.05) is 24.3 Å². The first kappa shape index (κ1) is 16.4. The number of ketones is 2. The first-order valence-electron chi connectivity index (χ1n) is 9.13. The van der Waals surface area contributed by atoms with E-state index in [1.54, 1.807) is 7.11 Å². The van der Waals surface area contributed by atoms with Crippen molar-refractivity contribution in [2.24, 2.45) is 23.7 Å². The van der Waals surface area contributed by atoms with Crippen molar-refractivity contribution >= 4 is 22.3 Å². The second-order valence-electron chi connectivity index (χ2n) is 7.43. The second kappa shape index (κ2) is 5.59. The lowest BCUT2D eigenvalue weighted by molar-refractivity contribution is 0.0715. The normalized spacial score (nSPS) is 27.7. The minimum absolute atomic E-state index is 0.00804. The maximum atomic E-state index is 13.6. The molecule has 27 heavy (non-hydrogen) atoms. The Hall–Kier alpha value is -2.82. The predicted molar refractivity (Wildman–Crippen MR) is 100.0 cm³/mol. The number of fused-ring (bicyclic) bond motifs is 7. The molecular weight excluding hydrogens is 344 g/mol. The molecule has 2 unspecified atom stereocenters. The van der Waals surface area contributed by atoms with Crippen molar-refractivity contribution in [1.29, 1.82) is 0 Å². The Morgan fingerprint density at radius 3 is 1.96 bits per heavy atom. The van der Waals surface area contributed by atoms with Gasteiger partial charge in [0.1, 0.15) is 17.2 Å². The summed E-state index contributed by atoms with van der Waals surface area (Å²) in [5, 5.41) is 1.38. The van der Waals surface area contributed by atoms with Gasteiger partial charge in [-0.25, -0.2) is 0 Å². The Morgan fingerprint density at radius 1 is 0.815 bits per heavy atom. The molecule has 5 heteroatoms. The van der Waals surface area contributed by atoms with Crippen molar-refractivity contribution in [2.75, 3.05) is 21.3 Å². The molecule has 1 fully saturated rings. The van der Waals surface area contributed by atoms with E-state index in [9.17, 15) is 9.59 Å². The van der Waals surface area contributed by atoms with Gasteiger partial charge in [-0.2, -0.15) is 0 Å². The maximum Gasteiger partial charge on any atom is 0.171 e. The summed E-state index contributed by atoms with van der Waals surface area (Å²) < 4.78 is 16.9. The first-order chi connectivity index (χ1) is 13.1. The topological polar surface area (TPSA) is 61.8 Å². The smallest absolute Gasteiger partial charge is 0.171 e. The molecule has 2 aromatic carbocycles. The Labute approximate surface area is 156 Å². The molecule has 0 heterocycles. The molecule has 1 saturated carbocycles. The summed E-state index contributed by atoms with van der Waals surface area (Å²) in [6.45, 7) is 0. The van der Waals surface area contributed by atoms with Crippen LogP contribution in [0.5, 0.6) is 17.2 Å². The number of methoxy groups -OCH3 is 3. The van der Waals surface area contributed by atoms with Gasteiger partial charge >= 0.3 is 0 Å². The Balaban J connectivity index is 1.91. The number of ether oxygens (including phenoxy) is 3. The molecule has 138 valence electrons. The fourth-order valence-corrected chi connectivity index (χ4v) is 5.37. The van der Waals surface area contributed by atoms with Crippen LogP contribution in [0, 0.1) is 23.7 Å². The highest BCUT2D eigenvalue weighted by atomic mass is 16.5. The maximum absolute atomic E-state index is 13.6. The van der Waals surface area contributed by atoms with Crippen LogP contribution in [0.2, 0.25) is 0 Å². The van der Waals surface area contributed by atoms with Crippen LogP contribution in [0.25, 0.3) is 10.8 Å². The van der Waals surface area contributed by atoms with Crippen molar-refractivity contribution in [1.82, 2.24) is 0 Å². The van der Waals surface area contributed by atoms with Gasteiger partial charge in [-0.15, -0.1) is 0 Å². The van der Waals surface area contributed by atoms with Crippen molar-refractivity contribution in [3.05, 3.63) is 41.5 Å². The summed E-state index contributed by atoms with van der Waals surface area (Å²) >= 11 is 0. The molecule has 0 saturated heterocycles. The number of carbonyl (C=O) groups is 2. The third-order valence-electron chi connectivity index (χ3n) is 6.39. The van der Waals surface area contributed by atoms with Crippen LogP contribution in [-0.4, -0.2) is 32.9 Å². The summed E-state index contributed by atoms with van der Waals surface area (Å²) in [7, 11) is 4.63. The molecule has 0 radical (unpaired) electrons. The SMILES string of the molecule is COc1c2c(c(OC)c3c(OC)cccc13)C(=O)C1C(C2=O)[C@H]2C=C[C@@H]1C2. The Bertz CT molecular complexity index is 1030. The standard InChI is InChI=1S/C22H20O5/c1-25-13-6-4-5-12-16(13)22(27-3)18-17(21(12)26-2)19(23)14-10-7-8-11(9-10)15(14)20(18)24/h4-8,10-11,14-15H,9H2,1-3H3/t10-,11+,14?,15?/m0/s1. The average Bonchev–Trinajstić information content (AvgIpc) is 3.31. The van der Waals surface area contributed by atoms with Gasteiger partial charge in [0.25, 0.3) is 0 Å². The van der Waals surface area contributed by atoms with Gasteiger partial charge in [0, 0.05) is 17.2 Å². The van der Waals surface area contributed by atoms with Gasteiger partial charge in [0.2, 0.25) is 0 Å². The van der Waals surface area contributed by atoms with Crippen LogP contribution in [0.3, 0.4) is 0 Å². The second-order valence-corrected chi connectivity index (χ2v) is 7.43. The van der Waals surface area contributed by atoms with Gasteiger partial charge in [0.15, 0.2) is 11.6 Å². The molecule has 0 amide bonds. The molecule has 5 rings (SSSR count). The zero-order chi connectivity index (χ0) is 18.9. The van der Waals surface area contributed by atoms with E-state index in [0.717, 1.165) is 6.42 Å². The highest BCUT2D eigenvalue weighted by Gasteiger charge is 2.56. The molecule has 4 atom stereocenters. The van der Waals surface area contributed by atoms with Crippen LogP contribution in [-0.2, 0) is 0 Å². The summed E-state index contributed by atoms with van der Waals surface area (Å²) in [5.74, 6) is 1.08. The van der Waals surface area contributed by atoms with E-state index in [-0.39, 0.29) is 35.2 Å². The van der Waals surface area contributed by atoms with Gasteiger partial charge < -0.3 is 14.2 Å². The van der Waals surface area contributed by atoms with Gasteiger partial charge in [-0.3, -0.25) is 9.59 Å². The van der Waals surface area contributed by atoms with E-state index >= 15 is 0 Å². The van der Waals surface area contributed by atoms with Crippen LogP contribution >= 0.6 is 0 Å². The zero-order valence-electron chi connectivity index (χ0n) is 15.4. The lowest BCUT2D eigenvalue weighted by Crippen LogP contribution is -2.39. The molecule has 0 spiro atoms. The van der Waals surface area contributed by atoms with E-state index in [1.807, 2.05) is 18.2 Å². The fraction of sp³-hybridized carbons (Fsp3) is 0.364. The monoisotopic (exact) mass is 364 g/mol. The molecule has 0 aliphatic heterocycles. The van der Waals surface area contributed by atoms with E-state index in [1.165, 1.54) is 14.2 Å². The fourth-order valence-electron chi connectivity index (χ4n) is 5.37. The number of hydrogen-bond acceptors (Lipinski definition) is 5. The number of hydrogen-bond donors (Lipinski definition) is 0. The van der Waals surface area contributed by atoms with Crippen molar-refractivity contribution < 1.29 is 23.8 Å². The minimum Gasteiger partial charge on any atom is -0.496 e. The summed E-state index contributed by atoms with van der Waals surface area (Å²) in [6, 6.07) is 5.52. The first-order valence-corrected chi connectivity index (χ1v) is 9.13. The predicted octanol–water partition coefficient (Wildman–Crippen LogP) is 3.68. The van der Waals surface area contributed by atoms with Crippen LogP contribution in [0.15, 0.2) is 30.4 Å². The highest BCUT2D eigenvalue weighted by Crippen LogP contribution is 2.57. The summed E-state index contributed by atoms with van der Waals surface area (Å²) in [6.07, 6.45) is 5.05. The lowest BCUT2D eigenvalue weighted by Gasteiger charge is -2.33. The quantitative estimate of drug-likeness (QED) is 0.778. The average molecular weight is 364 g/mol. The summed E-state index contributed by atoms with van der Waals surface area (Å²) in [4.78, 5) is 27.1. The van der Waals surface area contributed by atoms with Crippen LogP contribution in [0.1, 0.15) is 27.1 Å². The van der Waals surface area contributed by atoms with E-state index < -0.39 is 0 Å². The highest BCUT2D eigenvalue weighted by molar-refractivity contribution is 6.24. The Morgan fingerprint density at radius 2 is 1.41 bits per heavy atom. The Kier molecular flexibility index (Phi) is 3.39. The molecular formula is C22H20O5. The molecule has 5 nitrogen and oxygen atoms in total. The molecule has 3 aliphatic rings. The lowest BCUT2D eigenvalue weighted by atomic mass is 9.68. The molecule has 2 aromatic rings. The summed E-state index contributed by atoms with van der Waals surface area (Å²) in [5.41, 5.74) is 0.709. The minimum atomic E-state index is -0.300. The van der Waals surface area contributed by atoms with Crippen molar-refractivity contribution in [3.63, 3.8) is 0 Å². The third-order valence-corrected chi connectivity index (χ3v) is 6.39. The number of Topliss-reactive ketones (excluding diaryl/α,β-unsaturated/α-hetero) is 2. The van der Waals surface area contributed by atoms with Gasteiger partial charge in [-0.05, 0) is 24.3 Å². The van der Waals surface area contributed by atoms with Crippen molar-refractivity contribution in [2.45, 2.75) is 6.42 Å². The van der Waals surface area contributed by atoms with E-state index in [2.05, 4.69) is 12.2 Å². The largest absolute Gasteiger partial charge is 0.496 e.